The first-order valence-corrected chi connectivity index (χ1v) is 8.68. The van der Waals surface area contributed by atoms with Gasteiger partial charge in [0.15, 0.2) is 0 Å². The van der Waals surface area contributed by atoms with E-state index >= 15 is 0 Å². The third-order valence-corrected chi connectivity index (χ3v) is 5.15. The Hall–Kier alpha value is -0.0800. The van der Waals surface area contributed by atoms with Gasteiger partial charge in [-0.1, -0.05) is 40.5 Å². The van der Waals surface area contributed by atoms with Crippen molar-refractivity contribution in [3.63, 3.8) is 0 Å². The zero-order chi connectivity index (χ0) is 14.1. The molecular weight excluding hydrogens is 232 g/mol. The lowest BCUT2D eigenvalue weighted by Gasteiger charge is -2.21. The van der Waals surface area contributed by atoms with Crippen molar-refractivity contribution in [3.05, 3.63) is 0 Å². The molecule has 114 valence electrons. The number of nitrogens with zero attached hydrogens (tertiary/aromatic N) is 2. The smallest absolute Gasteiger partial charge is 0.00163 e. The maximum Gasteiger partial charge on any atom is -0.00163 e. The molecule has 0 bridgehead atoms. The van der Waals surface area contributed by atoms with Crippen LogP contribution >= 0.6 is 0 Å². The van der Waals surface area contributed by atoms with E-state index in [1.54, 1.807) is 0 Å². The Morgan fingerprint density at radius 3 is 1.37 bits per heavy atom. The second-order valence-electron chi connectivity index (χ2n) is 6.18. The minimum atomic E-state index is 1.02. The molecule has 2 atom stereocenters. The fourth-order valence-electron chi connectivity index (χ4n) is 3.51. The lowest BCUT2D eigenvalue weighted by atomic mass is 9.99. The molecule has 1 aliphatic carbocycles. The number of hydrogen-bond donors (Lipinski definition) is 0. The number of rotatable bonds is 10. The monoisotopic (exact) mass is 268 g/mol. The molecule has 0 aromatic carbocycles. The molecule has 1 saturated carbocycles. The molecule has 0 aromatic rings. The number of hydrogen-bond acceptors (Lipinski definition) is 2. The SMILES string of the molecule is CCN(CC)CCC1CCC(CCN(CC)CC)C1. The van der Waals surface area contributed by atoms with Crippen molar-refractivity contribution >= 4 is 0 Å². The highest BCUT2D eigenvalue weighted by atomic mass is 15.1. The fraction of sp³-hybridized carbons (Fsp3) is 1.00. The topological polar surface area (TPSA) is 6.48 Å². The molecule has 1 fully saturated rings. The van der Waals surface area contributed by atoms with Crippen LogP contribution < -0.4 is 0 Å². The van der Waals surface area contributed by atoms with Crippen molar-refractivity contribution in [3.8, 4) is 0 Å². The maximum atomic E-state index is 2.57. The molecule has 1 aliphatic rings. The lowest BCUT2D eigenvalue weighted by Crippen LogP contribution is -2.26. The summed E-state index contributed by atoms with van der Waals surface area (Å²) in [4.78, 5) is 5.15. The van der Waals surface area contributed by atoms with Crippen LogP contribution in [-0.2, 0) is 0 Å². The van der Waals surface area contributed by atoms with Crippen LogP contribution in [0.2, 0.25) is 0 Å². The molecule has 0 saturated heterocycles. The zero-order valence-electron chi connectivity index (χ0n) is 13.8. The first kappa shape index (κ1) is 17.0. The van der Waals surface area contributed by atoms with Crippen molar-refractivity contribution in [1.82, 2.24) is 9.80 Å². The van der Waals surface area contributed by atoms with E-state index in [1.165, 1.54) is 71.4 Å². The van der Waals surface area contributed by atoms with Gasteiger partial charge in [0.2, 0.25) is 0 Å². The van der Waals surface area contributed by atoms with Crippen LogP contribution in [0.15, 0.2) is 0 Å². The lowest BCUT2D eigenvalue weighted by molar-refractivity contribution is 0.262. The van der Waals surface area contributed by atoms with Gasteiger partial charge in [-0.3, -0.25) is 0 Å². The quantitative estimate of drug-likeness (QED) is 0.593. The largest absolute Gasteiger partial charge is 0.304 e. The predicted molar refractivity (Wildman–Crippen MR) is 85.6 cm³/mol. The van der Waals surface area contributed by atoms with Gasteiger partial charge in [-0.2, -0.15) is 0 Å². The highest BCUT2D eigenvalue weighted by Crippen LogP contribution is 2.35. The van der Waals surface area contributed by atoms with Crippen LogP contribution in [0.1, 0.15) is 59.8 Å². The molecule has 2 unspecified atom stereocenters. The normalized spacial score (nSPS) is 23.7. The predicted octanol–water partition coefficient (Wildman–Crippen LogP) is 3.87. The third-order valence-electron chi connectivity index (χ3n) is 5.15. The average Bonchev–Trinajstić information content (AvgIpc) is 2.89. The van der Waals surface area contributed by atoms with Crippen molar-refractivity contribution in [1.29, 1.82) is 0 Å². The summed E-state index contributed by atoms with van der Waals surface area (Å²) in [5.74, 6) is 2.03. The van der Waals surface area contributed by atoms with Gasteiger partial charge in [0.1, 0.15) is 0 Å². The maximum absolute atomic E-state index is 2.57. The van der Waals surface area contributed by atoms with Crippen molar-refractivity contribution in [2.75, 3.05) is 39.3 Å². The van der Waals surface area contributed by atoms with E-state index < -0.39 is 0 Å². The van der Waals surface area contributed by atoms with Crippen molar-refractivity contribution < 1.29 is 0 Å². The molecule has 0 heterocycles. The first-order valence-electron chi connectivity index (χ1n) is 8.68. The summed E-state index contributed by atoms with van der Waals surface area (Å²) < 4.78 is 0. The van der Waals surface area contributed by atoms with Crippen LogP contribution in [0.5, 0.6) is 0 Å². The summed E-state index contributed by atoms with van der Waals surface area (Å²) in [5.41, 5.74) is 0. The highest BCUT2D eigenvalue weighted by Gasteiger charge is 2.24. The molecule has 0 N–H and O–H groups in total. The van der Waals surface area contributed by atoms with Crippen LogP contribution in [0.4, 0.5) is 0 Å². The third kappa shape index (κ3) is 6.27. The van der Waals surface area contributed by atoms with Crippen LogP contribution in [0, 0.1) is 11.8 Å². The second kappa shape index (κ2) is 9.77. The summed E-state index contributed by atoms with van der Waals surface area (Å²) in [5, 5.41) is 0. The van der Waals surface area contributed by atoms with Gasteiger partial charge >= 0.3 is 0 Å². The van der Waals surface area contributed by atoms with Crippen molar-refractivity contribution in [2.24, 2.45) is 11.8 Å². The summed E-state index contributed by atoms with van der Waals surface area (Å²) in [7, 11) is 0. The van der Waals surface area contributed by atoms with Crippen LogP contribution in [0.25, 0.3) is 0 Å². The first-order chi connectivity index (χ1) is 9.23. The molecule has 0 aromatic heterocycles. The molecule has 2 heteroatoms. The molecule has 19 heavy (non-hydrogen) atoms. The van der Waals surface area contributed by atoms with Crippen LogP contribution in [-0.4, -0.2) is 49.1 Å². The summed E-state index contributed by atoms with van der Waals surface area (Å²) in [6.07, 6.45) is 7.35. The molecule has 0 spiro atoms. The Morgan fingerprint density at radius 2 is 1.05 bits per heavy atom. The Morgan fingerprint density at radius 1 is 0.684 bits per heavy atom. The summed E-state index contributed by atoms with van der Waals surface area (Å²) in [6.45, 7) is 16.6. The Balaban J connectivity index is 2.15. The van der Waals surface area contributed by atoms with E-state index in [4.69, 9.17) is 0 Å². The Bertz CT molecular complexity index is 187. The van der Waals surface area contributed by atoms with E-state index in [1.807, 2.05) is 0 Å². The van der Waals surface area contributed by atoms with E-state index in [2.05, 4.69) is 37.5 Å². The van der Waals surface area contributed by atoms with E-state index in [0.29, 0.717) is 0 Å². The van der Waals surface area contributed by atoms with Gasteiger partial charge in [-0.25, -0.2) is 0 Å². The summed E-state index contributed by atoms with van der Waals surface area (Å²) in [6, 6.07) is 0. The van der Waals surface area contributed by atoms with Gasteiger partial charge in [-0.15, -0.1) is 0 Å². The van der Waals surface area contributed by atoms with Gasteiger partial charge in [0, 0.05) is 0 Å². The Kier molecular flexibility index (Phi) is 8.72. The second-order valence-corrected chi connectivity index (χ2v) is 6.18. The molecule has 1 rings (SSSR count). The highest BCUT2D eigenvalue weighted by molar-refractivity contribution is 4.77. The van der Waals surface area contributed by atoms with Crippen molar-refractivity contribution in [2.45, 2.75) is 59.8 Å². The van der Waals surface area contributed by atoms with E-state index in [-0.39, 0.29) is 0 Å². The molecule has 0 radical (unpaired) electrons. The summed E-state index contributed by atoms with van der Waals surface area (Å²) >= 11 is 0. The Labute approximate surface area is 121 Å². The fourth-order valence-corrected chi connectivity index (χ4v) is 3.51. The van der Waals surface area contributed by atoms with E-state index in [9.17, 15) is 0 Å². The average molecular weight is 268 g/mol. The van der Waals surface area contributed by atoms with Gasteiger partial charge < -0.3 is 9.80 Å². The molecule has 0 aliphatic heterocycles. The zero-order valence-corrected chi connectivity index (χ0v) is 13.8. The standard InChI is InChI=1S/C17H36N2/c1-5-18(6-2)13-11-16-9-10-17(15-16)12-14-19(7-3)8-4/h16-17H,5-15H2,1-4H3. The van der Waals surface area contributed by atoms with Crippen LogP contribution in [0.3, 0.4) is 0 Å². The minimum Gasteiger partial charge on any atom is -0.304 e. The van der Waals surface area contributed by atoms with Gasteiger partial charge in [0.25, 0.3) is 0 Å². The molecule has 2 nitrogen and oxygen atoms in total. The minimum absolute atomic E-state index is 1.02. The van der Waals surface area contributed by atoms with Gasteiger partial charge in [0.05, 0.1) is 0 Å². The van der Waals surface area contributed by atoms with E-state index in [0.717, 1.165) is 11.8 Å². The molecular formula is C17H36N2. The molecule has 0 amide bonds. The van der Waals surface area contributed by atoms with Gasteiger partial charge in [-0.05, 0) is 70.4 Å².